The fourth-order valence-electron chi connectivity index (χ4n) is 0.828. The van der Waals surface area contributed by atoms with Gasteiger partial charge in [-0.1, -0.05) is 0 Å². The average molecular weight is 239 g/mol. The highest BCUT2D eigenvalue weighted by Crippen LogP contribution is 1.96. The van der Waals surface area contributed by atoms with Crippen molar-refractivity contribution in [3.63, 3.8) is 0 Å². The third kappa shape index (κ3) is 8.34. The van der Waals surface area contributed by atoms with E-state index in [9.17, 15) is 13.2 Å². The zero-order chi connectivity index (χ0) is 11.9. The van der Waals surface area contributed by atoms with Gasteiger partial charge >= 0.3 is 5.97 Å². The molecule has 0 heterocycles. The Labute approximate surface area is 89.7 Å². The van der Waals surface area contributed by atoms with Crippen LogP contribution in [0.25, 0.3) is 0 Å². The van der Waals surface area contributed by atoms with E-state index < -0.39 is 22.1 Å². The molecule has 1 atom stereocenters. The van der Waals surface area contributed by atoms with Gasteiger partial charge in [0.25, 0.3) is 0 Å². The summed E-state index contributed by atoms with van der Waals surface area (Å²) in [6.07, 6.45) is -0.436. The number of ether oxygens (including phenoxy) is 1. The number of hydrogen-bond donors (Lipinski definition) is 2. The maximum absolute atomic E-state index is 11.2. The van der Waals surface area contributed by atoms with Crippen molar-refractivity contribution >= 4 is 16.0 Å². The van der Waals surface area contributed by atoms with Crippen LogP contribution in [0.5, 0.6) is 0 Å². The van der Waals surface area contributed by atoms with Crippen LogP contribution in [-0.4, -0.2) is 45.0 Å². The van der Waals surface area contributed by atoms with Crippen molar-refractivity contribution in [3.8, 4) is 0 Å². The van der Waals surface area contributed by atoms with Crippen LogP contribution < -0.4 is 4.72 Å². The van der Waals surface area contributed by atoms with Crippen molar-refractivity contribution in [3.05, 3.63) is 0 Å². The lowest BCUT2D eigenvalue weighted by atomic mass is 10.3. The zero-order valence-corrected chi connectivity index (χ0v) is 9.71. The molecular formula is C8H17NO5S. The molecule has 0 fully saturated rings. The molecule has 90 valence electrons. The summed E-state index contributed by atoms with van der Waals surface area (Å²) in [5.41, 5.74) is 0. The van der Waals surface area contributed by atoms with E-state index in [1.165, 1.54) is 14.0 Å². The molecule has 0 aliphatic heterocycles. The number of carbonyl (C=O) groups is 1. The number of aliphatic hydroxyl groups excluding tert-OH is 1. The van der Waals surface area contributed by atoms with Crippen molar-refractivity contribution < 1.29 is 23.1 Å². The van der Waals surface area contributed by atoms with E-state index in [0.717, 1.165) is 0 Å². The minimum atomic E-state index is -3.40. The second-order valence-corrected chi connectivity index (χ2v) is 5.12. The van der Waals surface area contributed by atoms with Crippen LogP contribution in [0, 0.1) is 0 Å². The van der Waals surface area contributed by atoms with E-state index in [-0.39, 0.29) is 25.1 Å². The lowest BCUT2D eigenvalue weighted by Crippen LogP contribution is -2.32. The molecule has 0 aliphatic rings. The van der Waals surface area contributed by atoms with Gasteiger partial charge in [-0.2, -0.15) is 0 Å². The topological polar surface area (TPSA) is 92.7 Å². The first-order valence-electron chi connectivity index (χ1n) is 4.59. The quantitative estimate of drug-likeness (QED) is 0.570. The van der Waals surface area contributed by atoms with E-state index in [4.69, 9.17) is 5.11 Å². The number of nitrogens with one attached hydrogen (secondary N) is 1. The lowest BCUT2D eigenvalue weighted by Gasteiger charge is -2.07. The minimum Gasteiger partial charge on any atom is -0.469 e. The van der Waals surface area contributed by atoms with Gasteiger partial charge in [-0.05, 0) is 13.3 Å². The molecule has 15 heavy (non-hydrogen) atoms. The highest BCUT2D eigenvalue weighted by Gasteiger charge is 2.11. The van der Waals surface area contributed by atoms with Gasteiger partial charge in [0.05, 0.1) is 19.0 Å². The summed E-state index contributed by atoms with van der Waals surface area (Å²) < 4.78 is 29.1. The number of hydrogen-bond acceptors (Lipinski definition) is 5. The summed E-state index contributed by atoms with van der Waals surface area (Å²) in [6.45, 7) is 1.47. The molecule has 6 nitrogen and oxygen atoms in total. The summed E-state index contributed by atoms with van der Waals surface area (Å²) in [6, 6.07) is 0. The van der Waals surface area contributed by atoms with Crippen LogP contribution >= 0.6 is 0 Å². The van der Waals surface area contributed by atoms with Gasteiger partial charge in [0.2, 0.25) is 10.0 Å². The molecule has 0 aromatic heterocycles. The number of aliphatic hydroxyl groups is 1. The first kappa shape index (κ1) is 14.3. The van der Waals surface area contributed by atoms with Gasteiger partial charge in [-0.15, -0.1) is 0 Å². The molecule has 7 heteroatoms. The number of methoxy groups -OCH3 is 1. The number of carbonyl (C=O) groups excluding carboxylic acids is 1. The molecule has 0 unspecified atom stereocenters. The Hall–Kier alpha value is -0.660. The van der Waals surface area contributed by atoms with Gasteiger partial charge < -0.3 is 9.84 Å². The van der Waals surface area contributed by atoms with Gasteiger partial charge in [0, 0.05) is 13.0 Å². The molecule has 0 aromatic carbocycles. The van der Waals surface area contributed by atoms with Crippen LogP contribution in [-0.2, 0) is 19.6 Å². The van der Waals surface area contributed by atoms with Gasteiger partial charge in [0.1, 0.15) is 0 Å². The molecule has 0 spiro atoms. The fraction of sp³-hybridized carbons (Fsp3) is 0.875. The highest BCUT2D eigenvalue weighted by atomic mass is 32.2. The van der Waals surface area contributed by atoms with Crippen molar-refractivity contribution in [1.29, 1.82) is 0 Å². The maximum Gasteiger partial charge on any atom is 0.305 e. The standard InChI is InChI=1S/C8H17NO5S/c1-7(10)6-9-15(12,13)5-3-4-8(11)14-2/h7,9-10H,3-6H2,1-2H3/t7-/m0/s1. The average Bonchev–Trinajstić information content (AvgIpc) is 2.14. The van der Waals surface area contributed by atoms with Gasteiger partial charge in [0.15, 0.2) is 0 Å². The van der Waals surface area contributed by atoms with Gasteiger partial charge in [-0.25, -0.2) is 13.1 Å². The SMILES string of the molecule is COC(=O)CCCS(=O)(=O)NC[C@H](C)O. The normalized spacial score (nSPS) is 13.5. The number of sulfonamides is 1. The van der Waals surface area contributed by atoms with E-state index >= 15 is 0 Å². The Morgan fingerprint density at radius 3 is 2.60 bits per heavy atom. The summed E-state index contributed by atoms with van der Waals surface area (Å²) in [4.78, 5) is 10.7. The van der Waals surface area contributed by atoms with Crippen LogP contribution in [0.1, 0.15) is 19.8 Å². The number of esters is 1. The smallest absolute Gasteiger partial charge is 0.305 e. The van der Waals surface area contributed by atoms with Crippen LogP contribution in [0.4, 0.5) is 0 Å². The fourth-order valence-corrected chi connectivity index (χ4v) is 1.99. The molecule has 0 saturated carbocycles. The predicted octanol–water partition coefficient (Wildman–Crippen LogP) is -0.760. The lowest BCUT2D eigenvalue weighted by molar-refractivity contribution is -0.140. The second-order valence-electron chi connectivity index (χ2n) is 3.20. The Bertz CT molecular complexity index is 285. The van der Waals surface area contributed by atoms with Crippen molar-refractivity contribution in [2.24, 2.45) is 0 Å². The Balaban J connectivity index is 3.80. The Morgan fingerprint density at radius 2 is 2.13 bits per heavy atom. The first-order valence-corrected chi connectivity index (χ1v) is 6.25. The molecule has 0 bridgehead atoms. The summed E-state index contributed by atoms with van der Waals surface area (Å²) in [5.74, 6) is -0.574. The third-order valence-electron chi connectivity index (χ3n) is 1.62. The van der Waals surface area contributed by atoms with Crippen LogP contribution in [0.2, 0.25) is 0 Å². The highest BCUT2D eigenvalue weighted by molar-refractivity contribution is 7.89. The summed E-state index contributed by atoms with van der Waals surface area (Å²) in [5, 5.41) is 8.87. The molecule has 0 aromatic rings. The molecule has 0 rings (SSSR count). The van der Waals surface area contributed by atoms with E-state index in [1.54, 1.807) is 0 Å². The molecule has 2 N–H and O–H groups in total. The van der Waals surface area contributed by atoms with Crippen molar-refractivity contribution in [2.75, 3.05) is 19.4 Å². The number of rotatable bonds is 7. The Morgan fingerprint density at radius 1 is 1.53 bits per heavy atom. The van der Waals surface area contributed by atoms with Gasteiger partial charge in [-0.3, -0.25) is 4.79 Å². The molecule has 0 amide bonds. The summed E-state index contributed by atoms with van der Waals surface area (Å²) in [7, 11) is -2.15. The van der Waals surface area contributed by atoms with Crippen LogP contribution in [0.3, 0.4) is 0 Å². The van der Waals surface area contributed by atoms with Crippen LogP contribution in [0.15, 0.2) is 0 Å². The van der Waals surface area contributed by atoms with E-state index in [2.05, 4.69) is 9.46 Å². The first-order chi connectivity index (χ1) is 6.87. The third-order valence-corrected chi connectivity index (χ3v) is 3.05. The van der Waals surface area contributed by atoms with E-state index in [0.29, 0.717) is 0 Å². The molecular weight excluding hydrogens is 222 g/mol. The Kier molecular flexibility index (Phi) is 6.46. The molecule has 0 saturated heterocycles. The largest absolute Gasteiger partial charge is 0.469 e. The second kappa shape index (κ2) is 6.76. The molecule has 0 aliphatic carbocycles. The molecule has 0 radical (unpaired) electrons. The van der Waals surface area contributed by atoms with E-state index in [1.807, 2.05) is 0 Å². The maximum atomic E-state index is 11.2. The predicted molar refractivity (Wildman–Crippen MR) is 54.7 cm³/mol. The summed E-state index contributed by atoms with van der Waals surface area (Å²) >= 11 is 0. The zero-order valence-electron chi connectivity index (χ0n) is 8.89. The monoisotopic (exact) mass is 239 g/mol. The van der Waals surface area contributed by atoms with Crippen molar-refractivity contribution in [1.82, 2.24) is 4.72 Å². The minimum absolute atomic E-state index is 0.0133. The van der Waals surface area contributed by atoms with Crippen molar-refractivity contribution in [2.45, 2.75) is 25.9 Å².